The van der Waals surface area contributed by atoms with E-state index >= 15 is 0 Å². The van der Waals surface area contributed by atoms with Crippen LogP contribution in [0.25, 0.3) is 11.4 Å². The summed E-state index contributed by atoms with van der Waals surface area (Å²) < 4.78 is 10.7. The number of rotatable bonds is 4. The molecular formula is C16H11N3O2. The Bertz CT molecular complexity index is 758. The van der Waals surface area contributed by atoms with E-state index < -0.39 is 0 Å². The van der Waals surface area contributed by atoms with Crippen LogP contribution < -0.4 is 4.74 Å². The lowest BCUT2D eigenvalue weighted by Gasteiger charge is -2.02. The quantitative estimate of drug-likeness (QED) is 0.732. The van der Waals surface area contributed by atoms with Crippen LogP contribution in [0.1, 0.15) is 11.5 Å². The molecule has 5 nitrogen and oxygen atoms in total. The lowest BCUT2D eigenvalue weighted by molar-refractivity contribution is 0.243. The molecule has 0 aliphatic rings. The minimum Gasteiger partial charge on any atom is -0.484 e. The maximum Gasteiger partial charge on any atom is 0.264 e. The van der Waals surface area contributed by atoms with E-state index in [4.69, 9.17) is 14.5 Å². The molecule has 0 unspecified atom stereocenters. The van der Waals surface area contributed by atoms with Crippen LogP contribution in [0.15, 0.2) is 59.1 Å². The highest BCUT2D eigenvalue weighted by atomic mass is 16.5. The van der Waals surface area contributed by atoms with E-state index in [1.807, 2.05) is 30.3 Å². The van der Waals surface area contributed by atoms with Gasteiger partial charge in [-0.15, -0.1) is 0 Å². The molecule has 0 saturated carbocycles. The van der Waals surface area contributed by atoms with Gasteiger partial charge in [-0.05, 0) is 24.3 Å². The number of hydrogen-bond donors (Lipinski definition) is 0. The predicted octanol–water partition coefficient (Wildman–Crippen LogP) is 3.19. The van der Waals surface area contributed by atoms with E-state index in [0.717, 1.165) is 5.56 Å². The summed E-state index contributed by atoms with van der Waals surface area (Å²) in [5.41, 5.74) is 1.48. The second-order valence-corrected chi connectivity index (χ2v) is 4.30. The van der Waals surface area contributed by atoms with Gasteiger partial charge in [-0.2, -0.15) is 10.2 Å². The number of nitrogens with zero attached hydrogens (tertiary/aromatic N) is 3. The van der Waals surface area contributed by atoms with E-state index in [1.54, 1.807) is 24.3 Å². The number of ether oxygens (including phenoxy) is 1. The lowest BCUT2D eigenvalue weighted by Crippen LogP contribution is -1.95. The van der Waals surface area contributed by atoms with Crippen molar-refractivity contribution in [2.75, 3.05) is 0 Å². The molecule has 102 valence electrons. The Kier molecular flexibility index (Phi) is 3.61. The van der Waals surface area contributed by atoms with Crippen molar-refractivity contribution in [2.45, 2.75) is 6.61 Å². The molecule has 1 heterocycles. The second kappa shape index (κ2) is 5.88. The molecule has 0 N–H and O–H groups in total. The molecule has 0 atom stereocenters. The normalized spacial score (nSPS) is 10.0. The Labute approximate surface area is 121 Å². The number of hydrogen-bond acceptors (Lipinski definition) is 5. The van der Waals surface area contributed by atoms with Crippen molar-refractivity contribution in [3.63, 3.8) is 0 Å². The highest BCUT2D eigenvalue weighted by molar-refractivity contribution is 5.53. The standard InChI is InChI=1S/C16H11N3O2/c17-10-12-6-8-14(9-7-12)20-11-15-18-16(19-21-15)13-4-2-1-3-5-13/h1-9H,11H2. The zero-order valence-electron chi connectivity index (χ0n) is 11.1. The van der Waals surface area contributed by atoms with Crippen molar-refractivity contribution < 1.29 is 9.26 Å². The summed E-state index contributed by atoms with van der Waals surface area (Å²) in [6.45, 7) is 0.186. The van der Waals surface area contributed by atoms with Crippen LogP contribution in [0.4, 0.5) is 0 Å². The zero-order chi connectivity index (χ0) is 14.5. The lowest BCUT2D eigenvalue weighted by atomic mass is 10.2. The highest BCUT2D eigenvalue weighted by Gasteiger charge is 2.08. The molecule has 3 rings (SSSR count). The molecule has 3 aromatic rings. The maximum absolute atomic E-state index is 8.72. The molecule has 0 fully saturated rings. The van der Waals surface area contributed by atoms with Crippen LogP contribution in [-0.4, -0.2) is 10.1 Å². The number of nitriles is 1. The minimum absolute atomic E-state index is 0.186. The molecule has 0 radical (unpaired) electrons. The van der Waals surface area contributed by atoms with Crippen molar-refractivity contribution in [3.8, 4) is 23.2 Å². The van der Waals surface area contributed by atoms with Crippen molar-refractivity contribution in [1.82, 2.24) is 10.1 Å². The SMILES string of the molecule is N#Cc1ccc(OCc2nc(-c3ccccc3)no2)cc1. The zero-order valence-corrected chi connectivity index (χ0v) is 11.1. The fraction of sp³-hybridized carbons (Fsp3) is 0.0625. The summed E-state index contributed by atoms with van der Waals surface area (Å²) in [7, 11) is 0. The number of aromatic nitrogens is 2. The third-order valence-corrected chi connectivity index (χ3v) is 2.85. The summed E-state index contributed by atoms with van der Waals surface area (Å²) in [5.74, 6) is 1.58. The predicted molar refractivity (Wildman–Crippen MR) is 75.2 cm³/mol. The van der Waals surface area contributed by atoms with Crippen molar-refractivity contribution in [2.24, 2.45) is 0 Å². The Morgan fingerprint density at radius 3 is 2.52 bits per heavy atom. The van der Waals surface area contributed by atoms with Gasteiger partial charge in [0.15, 0.2) is 6.61 Å². The van der Waals surface area contributed by atoms with Gasteiger partial charge < -0.3 is 9.26 Å². The number of benzene rings is 2. The fourth-order valence-corrected chi connectivity index (χ4v) is 1.79. The molecule has 1 aromatic heterocycles. The molecule has 21 heavy (non-hydrogen) atoms. The Balaban J connectivity index is 1.66. The topological polar surface area (TPSA) is 71.9 Å². The van der Waals surface area contributed by atoms with E-state index in [-0.39, 0.29) is 6.61 Å². The molecule has 2 aromatic carbocycles. The first-order chi connectivity index (χ1) is 10.3. The van der Waals surface area contributed by atoms with Gasteiger partial charge >= 0.3 is 0 Å². The van der Waals surface area contributed by atoms with E-state index in [2.05, 4.69) is 16.2 Å². The molecule has 0 saturated heterocycles. The minimum atomic E-state index is 0.186. The Morgan fingerprint density at radius 1 is 1.05 bits per heavy atom. The smallest absolute Gasteiger partial charge is 0.264 e. The van der Waals surface area contributed by atoms with Crippen LogP contribution in [-0.2, 0) is 6.61 Å². The van der Waals surface area contributed by atoms with Crippen molar-refractivity contribution in [1.29, 1.82) is 5.26 Å². The summed E-state index contributed by atoms with van der Waals surface area (Å²) in [6.07, 6.45) is 0. The Hall–Kier alpha value is -3.13. The Morgan fingerprint density at radius 2 is 1.81 bits per heavy atom. The molecule has 5 heteroatoms. The van der Waals surface area contributed by atoms with Gasteiger partial charge in [-0.3, -0.25) is 0 Å². The summed E-state index contributed by atoms with van der Waals surface area (Å²) in [6, 6.07) is 18.5. The highest BCUT2D eigenvalue weighted by Crippen LogP contribution is 2.17. The monoisotopic (exact) mass is 277 g/mol. The van der Waals surface area contributed by atoms with E-state index in [9.17, 15) is 0 Å². The van der Waals surface area contributed by atoms with Crippen LogP contribution in [0, 0.1) is 11.3 Å². The molecular weight excluding hydrogens is 266 g/mol. The van der Waals surface area contributed by atoms with Crippen LogP contribution in [0.5, 0.6) is 5.75 Å². The molecule has 0 aliphatic carbocycles. The summed E-state index contributed by atoms with van der Waals surface area (Å²) in [5, 5.41) is 12.6. The maximum atomic E-state index is 8.72. The van der Waals surface area contributed by atoms with Gasteiger partial charge in [0.2, 0.25) is 5.82 Å². The van der Waals surface area contributed by atoms with Crippen LogP contribution in [0.3, 0.4) is 0 Å². The van der Waals surface area contributed by atoms with Gasteiger partial charge in [0.1, 0.15) is 5.75 Å². The first-order valence-corrected chi connectivity index (χ1v) is 6.36. The van der Waals surface area contributed by atoms with Gasteiger partial charge in [0, 0.05) is 5.56 Å². The third-order valence-electron chi connectivity index (χ3n) is 2.85. The fourth-order valence-electron chi connectivity index (χ4n) is 1.79. The first-order valence-electron chi connectivity index (χ1n) is 6.36. The molecule has 0 aliphatic heterocycles. The van der Waals surface area contributed by atoms with E-state index in [1.165, 1.54) is 0 Å². The van der Waals surface area contributed by atoms with E-state index in [0.29, 0.717) is 23.0 Å². The van der Waals surface area contributed by atoms with Gasteiger partial charge in [-0.25, -0.2) is 0 Å². The van der Waals surface area contributed by atoms with Crippen LogP contribution >= 0.6 is 0 Å². The molecule has 0 bridgehead atoms. The average molecular weight is 277 g/mol. The average Bonchev–Trinajstić information content (AvgIpc) is 3.03. The van der Waals surface area contributed by atoms with Crippen molar-refractivity contribution in [3.05, 3.63) is 66.1 Å². The largest absolute Gasteiger partial charge is 0.484 e. The van der Waals surface area contributed by atoms with Gasteiger partial charge in [0.25, 0.3) is 5.89 Å². The summed E-state index contributed by atoms with van der Waals surface area (Å²) in [4.78, 5) is 4.27. The van der Waals surface area contributed by atoms with Gasteiger partial charge in [-0.1, -0.05) is 35.5 Å². The summed E-state index contributed by atoms with van der Waals surface area (Å²) >= 11 is 0. The molecule has 0 spiro atoms. The van der Waals surface area contributed by atoms with Crippen molar-refractivity contribution >= 4 is 0 Å². The van der Waals surface area contributed by atoms with Gasteiger partial charge in [0.05, 0.1) is 11.6 Å². The second-order valence-electron chi connectivity index (χ2n) is 4.30. The van der Waals surface area contributed by atoms with Crippen LogP contribution in [0.2, 0.25) is 0 Å². The molecule has 0 amide bonds. The first kappa shape index (κ1) is 12.9. The third kappa shape index (κ3) is 3.07.